The Balaban J connectivity index is 1.67. The summed E-state index contributed by atoms with van der Waals surface area (Å²) in [4.78, 5) is 4.18. The lowest BCUT2D eigenvalue weighted by atomic mass is 9.74. The average molecular weight is 298 g/mol. The minimum Gasteiger partial charge on any atom is -0.487 e. The first-order valence-corrected chi connectivity index (χ1v) is 6.98. The van der Waals surface area contributed by atoms with Crippen molar-refractivity contribution in [3.05, 3.63) is 22.9 Å². The van der Waals surface area contributed by atoms with Gasteiger partial charge >= 0.3 is 0 Å². The predicted molar refractivity (Wildman–Crippen MR) is 68.1 cm³/mol. The highest BCUT2D eigenvalue weighted by Crippen LogP contribution is 2.43. The number of nitrogens with zero attached hydrogens (tertiary/aromatic N) is 1. The summed E-state index contributed by atoms with van der Waals surface area (Å²) in [5, 5.41) is 0. The first-order chi connectivity index (χ1) is 8.27. The molecule has 1 atom stereocenters. The van der Waals surface area contributed by atoms with Crippen LogP contribution in [0.4, 0.5) is 0 Å². The van der Waals surface area contributed by atoms with E-state index >= 15 is 0 Å². The Morgan fingerprint density at radius 2 is 2.35 bits per heavy atom. The smallest absolute Gasteiger partial charge is 0.152 e. The third-order valence-electron chi connectivity index (χ3n) is 3.73. The first-order valence-electron chi connectivity index (χ1n) is 6.19. The van der Waals surface area contributed by atoms with Gasteiger partial charge < -0.3 is 9.47 Å². The fourth-order valence-corrected chi connectivity index (χ4v) is 2.99. The van der Waals surface area contributed by atoms with Crippen molar-refractivity contribution in [1.29, 1.82) is 0 Å². The van der Waals surface area contributed by atoms with Gasteiger partial charge in [0.1, 0.15) is 10.7 Å². The van der Waals surface area contributed by atoms with Crippen LogP contribution in [0.3, 0.4) is 0 Å². The van der Waals surface area contributed by atoms with Crippen LogP contribution in [0.15, 0.2) is 22.9 Å². The van der Waals surface area contributed by atoms with Gasteiger partial charge in [0.15, 0.2) is 5.75 Å². The third-order valence-corrected chi connectivity index (χ3v) is 4.33. The summed E-state index contributed by atoms with van der Waals surface area (Å²) in [6.45, 7) is 0.822. The topological polar surface area (TPSA) is 31.4 Å². The third kappa shape index (κ3) is 2.33. The molecule has 1 aromatic rings. The lowest BCUT2D eigenvalue weighted by Gasteiger charge is -2.46. The SMILES string of the molecule is Brc1ncccc1OC1CCOC2(CCC2)C1. The molecule has 0 N–H and O–H groups in total. The molecule has 1 spiro atoms. The number of rotatable bonds is 2. The summed E-state index contributed by atoms with van der Waals surface area (Å²) in [7, 11) is 0. The molecule has 2 heterocycles. The zero-order valence-electron chi connectivity index (χ0n) is 9.69. The second-order valence-electron chi connectivity index (χ2n) is 4.91. The Labute approximate surface area is 110 Å². The highest BCUT2D eigenvalue weighted by atomic mass is 79.9. The van der Waals surface area contributed by atoms with Gasteiger partial charge in [0.05, 0.1) is 12.2 Å². The number of hydrogen-bond acceptors (Lipinski definition) is 3. The van der Waals surface area contributed by atoms with Crippen molar-refractivity contribution in [2.75, 3.05) is 6.61 Å². The molecule has 1 saturated heterocycles. The summed E-state index contributed by atoms with van der Waals surface area (Å²) in [5.41, 5.74) is 0.137. The van der Waals surface area contributed by atoms with Crippen molar-refractivity contribution < 1.29 is 9.47 Å². The van der Waals surface area contributed by atoms with Crippen LogP contribution in [0.1, 0.15) is 32.1 Å². The normalized spacial score (nSPS) is 26.5. The zero-order valence-corrected chi connectivity index (χ0v) is 11.3. The van der Waals surface area contributed by atoms with Crippen LogP contribution in [0, 0.1) is 0 Å². The van der Waals surface area contributed by atoms with Gasteiger partial charge in [-0.1, -0.05) is 0 Å². The molecular weight excluding hydrogens is 282 g/mol. The van der Waals surface area contributed by atoms with E-state index in [-0.39, 0.29) is 11.7 Å². The number of hydrogen-bond donors (Lipinski definition) is 0. The Bertz CT molecular complexity index is 406. The number of halogens is 1. The van der Waals surface area contributed by atoms with E-state index in [9.17, 15) is 0 Å². The van der Waals surface area contributed by atoms with Gasteiger partial charge in [-0.2, -0.15) is 0 Å². The number of aromatic nitrogens is 1. The fraction of sp³-hybridized carbons (Fsp3) is 0.615. The van der Waals surface area contributed by atoms with Crippen LogP contribution >= 0.6 is 15.9 Å². The quantitative estimate of drug-likeness (QED) is 0.785. The number of ether oxygens (including phenoxy) is 2. The van der Waals surface area contributed by atoms with Crippen molar-refractivity contribution in [3.63, 3.8) is 0 Å². The molecule has 1 aliphatic heterocycles. The van der Waals surface area contributed by atoms with Gasteiger partial charge in [-0.3, -0.25) is 0 Å². The second-order valence-corrected chi connectivity index (χ2v) is 5.66. The maximum Gasteiger partial charge on any atom is 0.152 e. The lowest BCUT2D eigenvalue weighted by Crippen LogP contribution is -2.48. The molecule has 0 amide bonds. The van der Waals surface area contributed by atoms with E-state index in [2.05, 4.69) is 20.9 Å². The Morgan fingerprint density at radius 3 is 3.06 bits per heavy atom. The molecular formula is C13H16BrNO2. The van der Waals surface area contributed by atoms with Crippen LogP contribution in [0.25, 0.3) is 0 Å². The van der Waals surface area contributed by atoms with Gasteiger partial charge in [-0.05, 0) is 47.3 Å². The molecule has 3 nitrogen and oxygen atoms in total. The van der Waals surface area contributed by atoms with E-state index in [4.69, 9.17) is 9.47 Å². The standard InChI is InChI=1S/C13H16BrNO2/c14-12-11(3-1-7-15-12)17-10-4-8-16-13(9-10)5-2-6-13/h1,3,7,10H,2,4-6,8-9H2. The zero-order chi connectivity index (χ0) is 11.7. The second kappa shape index (κ2) is 4.58. The molecule has 2 fully saturated rings. The Morgan fingerprint density at radius 1 is 1.47 bits per heavy atom. The van der Waals surface area contributed by atoms with Crippen LogP contribution < -0.4 is 4.74 Å². The molecule has 1 saturated carbocycles. The summed E-state index contributed by atoms with van der Waals surface area (Å²) in [5.74, 6) is 0.842. The van der Waals surface area contributed by atoms with Crippen molar-refractivity contribution in [3.8, 4) is 5.75 Å². The van der Waals surface area contributed by atoms with Crippen molar-refractivity contribution in [2.24, 2.45) is 0 Å². The maximum atomic E-state index is 6.03. The number of pyridine rings is 1. The van der Waals surface area contributed by atoms with Gasteiger partial charge in [0, 0.05) is 19.0 Å². The average Bonchev–Trinajstić information content (AvgIpc) is 2.31. The van der Waals surface area contributed by atoms with Crippen molar-refractivity contribution in [1.82, 2.24) is 4.98 Å². The van der Waals surface area contributed by atoms with E-state index in [1.165, 1.54) is 19.3 Å². The molecule has 1 unspecified atom stereocenters. The van der Waals surface area contributed by atoms with Gasteiger partial charge in [-0.15, -0.1) is 0 Å². The van der Waals surface area contributed by atoms with E-state index in [1.807, 2.05) is 12.1 Å². The molecule has 1 aromatic heterocycles. The summed E-state index contributed by atoms with van der Waals surface area (Å²) in [6.07, 6.45) is 7.71. The van der Waals surface area contributed by atoms with E-state index in [0.717, 1.165) is 29.8 Å². The summed E-state index contributed by atoms with van der Waals surface area (Å²) >= 11 is 3.42. The van der Waals surface area contributed by atoms with Crippen LogP contribution in [0.5, 0.6) is 5.75 Å². The Hall–Kier alpha value is -0.610. The molecule has 92 valence electrons. The van der Waals surface area contributed by atoms with Gasteiger partial charge in [-0.25, -0.2) is 4.98 Å². The molecule has 0 radical (unpaired) electrons. The largest absolute Gasteiger partial charge is 0.487 e. The Kier molecular flexibility index (Phi) is 3.09. The molecule has 3 rings (SSSR count). The highest BCUT2D eigenvalue weighted by molar-refractivity contribution is 9.10. The highest BCUT2D eigenvalue weighted by Gasteiger charge is 2.43. The van der Waals surface area contributed by atoms with Crippen LogP contribution in [0.2, 0.25) is 0 Å². The maximum absolute atomic E-state index is 6.03. The van der Waals surface area contributed by atoms with E-state index < -0.39 is 0 Å². The van der Waals surface area contributed by atoms with Crippen molar-refractivity contribution >= 4 is 15.9 Å². The fourth-order valence-electron chi connectivity index (χ4n) is 2.64. The molecule has 2 aliphatic rings. The minimum absolute atomic E-state index is 0.137. The monoisotopic (exact) mass is 297 g/mol. The summed E-state index contributed by atoms with van der Waals surface area (Å²) < 4.78 is 12.7. The van der Waals surface area contributed by atoms with E-state index in [1.54, 1.807) is 6.20 Å². The van der Waals surface area contributed by atoms with Gasteiger partial charge in [0.25, 0.3) is 0 Å². The van der Waals surface area contributed by atoms with E-state index in [0.29, 0.717) is 0 Å². The summed E-state index contributed by atoms with van der Waals surface area (Å²) in [6, 6.07) is 3.86. The molecule has 0 aromatic carbocycles. The lowest BCUT2D eigenvalue weighted by molar-refractivity contribution is -0.153. The molecule has 1 aliphatic carbocycles. The predicted octanol–water partition coefficient (Wildman–Crippen LogP) is 3.32. The molecule has 17 heavy (non-hydrogen) atoms. The van der Waals surface area contributed by atoms with Crippen LogP contribution in [-0.4, -0.2) is 23.3 Å². The van der Waals surface area contributed by atoms with Crippen molar-refractivity contribution in [2.45, 2.75) is 43.8 Å². The van der Waals surface area contributed by atoms with Crippen LogP contribution in [-0.2, 0) is 4.74 Å². The molecule has 0 bridgehead atoms. The van der Waals surface area contributed by atoms with Gasteiger partial charge in [0.2, 0.25) is 0 Å². The first kappa shape index (κ1) is 11.5. The molecule has 4 heteroatoms. The minimum atomic E-state index is 0.137.